The molecular formula is C23H23ClN2S2. The molecule has 0 saturated carbocycles. The second kappa shape index (κ2) is 10.1. The zero-order valence-corrected chi connectivity index (χ0v) is 18.4. The van der Waals surface area contributed by atoms with Crippen LogP contribution in [0.4, 0.5) is 0 Å². The monoisotopic (exact) mass is 426 g/mol. The van der Waals surface area contributed by atoms with Crippen LogP contribution in [0.3, 0.4) is 0 Å². The van der Waals surface area contributed by atoms with Crippen LogP contribution in [0.5, 0.6) is 0 Å². The lowest BCUT2D eigenvalue weighted by atomic mass is 10.1. The van der Waals surface area contributed by atoms with Gasteiger partial charge in [0.25, 0.3) is 0 Å². The molecular weight excluding hydrogens is 404 g/mol. The Bertz CT molecular complexity index is 955. The Kier molecular flexibility index (Phi) is 7.49. The molecule has 1 N–H and O–H groups in total. The highest BCUT2D eigenvalue weighted by Gasteiger charge is 2.06. The number of pyridine rings is 1. The zero-order chi connectivity index (χ0) is 19.9. The van der Waals surface area contributed by atoms with E-state index in [-0.39, 0.29) is 0 Å². The SMILES string of the molecule is C=C(NCc1ccc(SC)cc1Cl)c1cncc(-c2ccc(SCC)cc2)c1. The average molecular weight is 427 g/mol. The van der Waals surface area contributed by atoms with Crippen molar-refractivity contribution >= 4 is 40.8 Å². The van der Waals surface area contributed by atoms with Gasteiger partial charge < -0.3 is 5.32 Å². The molecule has 0 amide bonds. The Morgan fingerprint density at radius 1 is 1.04 bits per heavy atom. The minimum atomic E-state index is 0.624. The molecule has 0 spiro atoms. The van der Waals surface area contributed by atoms with Gasteiger partial charge in [-0.05, 0) is 53.5 Å². The van der Waals surface area contributed by atoms with Gasteiger partial charge in [0, 0.05) is 50.6 Å². The molecule has 0 aliphatic carbocycles. The molecule has 0 unspecified atom stereocenters. The Labute approximate surface area is 180 Å². The minimum absolute atomic E-state index is 0.624. The van der Waals surface area contributed by atoms with Gasteiger partial charge in [-0.1, -0.05) is 43.3 Å². The molecule has 0 radical (unpaired) electrons. The van der Waals surface area contributed by atoms with Crippen LogP contribution in [-0.4, -0.2) is 17.0 Å². The van der Waals surface area contributed by atoms with E-state index < -0.39 is 0 Å². The Morgan fingerprint density at radius 3 is 2.46 bits per heavy atom. The van der Waals surface area contributed by atoms with E-state index in [2.05, 4.69) is 66.3 Å². The van der Waals surface area contributed by atoms with Gasteiger partial charge in [0.15, 0.2) is 0 Å². The van der Waals surface area contributed by atoms with Gasteiger partial charge in [-0.2, -0.15) is 0 Å². The highest BCUT2D eigenvalue weighted by Crippen LogP contribution is 2.26. The molecule has 1 heterocycles. The van der Waals surface area contributed by atoms with Crippen LogP contribution in [0.15, 0.2) is 77.3 Å². The van der Waals surface area contributed by atoms with Crippen LogP contribution in [0.25, 0.3) is 16.8 Å². The average Bonchev–Trinajstić information content (AvgIpc) is 2.73. The minimum Gasteiger partial charge on any atom is -0.381 e. The summed E-state index contributed by atoms with van der Waals surface area (Å²) in [5.41, 5.74) is 5.08. The van der Waals surface area contributed by atoms with Gasteiger partial charge in [0.05, 0.1) is 0 Å². The normalized spacial score (nSPS) is 10.7. The van der Waals surface area contributed by atoms with Gasteiger partial charge in [-0.25, -0.2) is 0 Å². The summed E-state index contributed by atoms with van der Waals surface area (Å²) >= 11 is 9.91. The molecule has 144 valence electrons. The summed E-state index contributed by atoms with van der Waals surface area (Å²) in [5.74, 6) is 1.08. The molecule has 3 aromatic rings. The summed E-state index contributed by atoms with van der Waals surface area (Å²) in [6, 6.07) is 16.8. The smallest absolute Gasteiger partial charge is 0.0466 e. The lowest BCUT2D eigenvalue weighted by molar-refractivity contribution is 0.889. The lowest BCUT2D eigenvalue weighted by Crippen LogP contribution is -2.11. The number of rotatable bonds is 8. The number of nitrogens with one attached hydrogen (secondary N) is 1. The van der Waals surface area contributed by atoms with Crippen molar-refractivity contribution in [2.24, 2.45) is 0 Å². The van der Waals surface area contributed by atoms with Crippen LogP contribution in [0.1, 0.15) is 18.1 Å². The number of thioether (sulfide) groups is 2. The first-order valence-electron chi connectivity index (χ1n) is 9.04. The Hall–Kier alpha value is -1.88. The third kappa shape index (κ3) is 5.34. The number of halogens is 1. The number of hydrogen-bond acceptors (Lipinski definition) is 4. The second-order valence-electron chi connectivity index (χ2n) is 6.21. The standard InChI is InChI=1S/C23H23ClN2S2/c1-4-28-21-8-5-17(6-9-21)20-11-19(13-25-14-20)16(2)26-15-18-7-10-22(27-3)12-23(18)24/h5-14,26H,2,4,15H2,1,3H3. The van der Waals surface area contributed by atoms with Crippen LogP contribution >= 0.6 is 35.1 Å². The van der Waals surface area contributed by atoms with Crippen LogP contribution in [0.2, 0.25) is 5.02 Å². The van der Waals surface area contributed by atoms with Crippen molar-refractivity contribution in [3.05, 3.63) is 83.7 Å². The van der Waals surface area contributed by atoms with E-state index in [9.17, 15) is 0 Å². The van der Waals surface area contributed by atoms with Crippen LogP contribution in [0, 0.1) is 0 Å². The van der Waals surface area contributed by atoms with E-state index >= 15 is 0 Å². The number of aromatic nitrogens is 1. The maximum Gasteiger partial charge on any atom is 0.0466 e. The molecule has 0 aliphatic rings. The quantitative estimate of drug-likeness (QED) is 0.392. The molecule has 0 fully saturated rings. The Balaban J connectivity index is 1.70. The van der Waals surface area contributed by atoms with E-state index in [1.54, 1.807) is 11.8 Å². The largest absolute Gasteiger partial charge is 0.381 e. The molecule has 1 aromatic heterocycles. The molecule has 0 saturated heterocycles. The summed E-state index contributed by atoms with van der Waals surface area (Å²) < 4.78 is 0. The van der Waals surface area contributed by atoms with Crippen molar-refractivity contribution < 1.29 is 0 Å². The highest BCUT2D eigenvalue weighted by molar-refractivity contribution is 7.99. The van der Waals surface area contributed by atoms with Gasteiger partial charge >= 0.3 is 0 Å². The molecule has 3 rings (SSSR count). The first-order chi connectivity index (χ1) is 13.6. The van der Waals surface area contributed by atoms with Gasteiger partial charge in [-0.3, -0.25) is 4.98 Å². The fourth-order valence-electron chi connectivity index (χ4n) is 2.78. The van der Waals surface area contributed by atoms with Crippen molar-refractivity contribution in [1.29, 1.82) is 0 Å². The highest BCUT2D eigenvalue weighted by atomic mass is 35.5. The molecule has 0 aliphatic heterocycles. The Morgan fingerprint density at radius 2 is 1.79 bits per heavy atom. The zero-order valence-electron chi connectivity index (χ0n) is 16.0. The number of benzene rings is 2. The predicted octanol–water partition coefficient (Wildman–Crippen LogP) is 7.00. The summed E-state index contributed by atoms with van der Waals surface area (Å²) in [4.78, 5) is 6.84. The lowest BCUT2D eigenvalue weighted by Gasteiger charge is -2.12. The topological polar surface area (TPSA) is 24.9 Å². The maximum absolute atomic E-state index is 6.38. The fourth-order valence-corrected chi connectivity index (χ4v) is 4.19. The summed E-state index contributed by atoms with van der Waals surface area (Å²) in [5, 5.41) is 4.14. The third-order valence-corrected chi connectivity index (χ3v) is 6.31. The van der Waals surface area contributed by atoms with Crippen molar-refractivity contribution in [2.45, 2.75) is 23.3 Å². The van der Waals surface area contributed by atoms with E-state index in [1.807, 2.05) is 36.5 Å². The summed E-state index contributed by atoms with van der Waals surface area (Å²) in [7, 11) is 0. The molecule has 0 bridgehead atoms. The first-order valence-corrected chi connectivity index (χ1v) is 11.6. The van der Waals surface area contributed by atoms with Crippen molar-refractivity contribution in [2.75, 3.05) is 12.0 Å². The molecule has 2 aromatic carbocycles. The van der Waals surface area contributed by atoms with E-state index in [1.165, 1.54) is 4.90 Å². The van der Waals surface area contributed by atoms with E-state index in [0.29, 0.717) is 6.54 Å². The van der Waals surface area contributed by atoms with Crippen molar-refractivity contribution in [3.63, 3.8) is 0 Å². The molecule has 28 heavy (non-hydrogen) atoms. The van der Waals surface area contributed by atoms with E-state index in [4.69, 9.17) is 11.6 Å². The number of nitrogens with zero attached hydrogens (tertiary/aromatic N) is 1. The van der Waals surface area contributed by atoms with Gasteiger partial charge in [0.1, 0.15) is 0 Å². The first kappa shape index (κ1) is 20.8. The molecule has 0 atom stereocenters. The van der Waals surface area contributed by atoms with E-state index in [0.717, 1.165) is 43.6 Å². The van der Waals surface area contributed by atoms with Gasteiger partial charge in [0.2, 0.25) is 0 Å². The van der Waals surface area contributed by atoms with Gasteiger partial charge in [-0.15, -0.1) is 23.5 Å². The van der Waals surface area contributed by atoms with Crippen LogP contribution < -0.4 is 5.32 Å². The third-order valence-electron chi connectivity index (χ3n) is 4.34. The maximum atomic E-state index is 6.38. The fraction of sp³-hybridized carbons (Fsp3) is 0.174. The van der Waals surface area contributed by atoms with Crippen molar-refractivity contribution in [1.82, 2.24) is 10.3 Å². The summed E-state index contributed by atoms with van der Waals surface area (Å²) in [6.07, 6.45) is 5.76. The van der Waals surface area contributed by atoms with Crippen LogP contribution in [-0.2, 0) is 6.54 Å². The summed E-state index contributed by atoms with van der Waals surface area (Å²) in [6.45, 7) is 6.96. The molecule has 5 heteroatoms. The second-order valence-corrected chi connectivity index (χ2v) is 8.83. The number of hydrogen-bond donors (Lipinski definition) is 1. The molecule has 2 nitrogen and oxygen atoms in total. The van der Waals surface area contributed by atoms with Crippen molar-refractivity contribution in [3.8, 4) is 11.1 Å². The predicted molar refractivity (Wildman–Crippen MR) is 125 cm³/mol.